The van der Waals surface area contributed by atoms with Crippen LogP contribution in [0.25, 0.3) is 5.76 Å². The zero-order chi connectivity index (χ0) is 24.7. The van der Waals surface area contributed by atoms with Crippen LogP contribution in [0.1, 0.15) is 43.9 Å². The number of benzene rings is 2. The van der Waals surface area contributed by atoms with Gasteiger partial charge in [0, 0.05) is 30.8 Å². The number of methoxy groups -OCH3 is 1. The SMILES string of the molecule is CCCOc1ccc(C2/C(=C(\O)c3ccc(Cl)cc3)C(=O)C(=O)N2CCCOC)cc1OCC. The molecule has 1 fully saturated rings. The van der Waals surface area contributed by atoms with Crippen LogP contribution in [0.5, 0.6) is 11.5 Å². The highest BCUT2D eigenvalue weighted by Gasteiger charge is 2.46. The summed E-state index contributed by atoms with van der Waals surface area (Å²) >= 11 is 5.98. The number of Topliss-reactive ketones (excluding diaryl/α,β-unsaturated/α-hetero) is 1. The molecule has 2 aromatic carbocycles. The van der Waals surface area contributed by atoms with Crippen molar-refractivity contribution in [3.8, 4) is 11.5 Å². The van der Waals surface area contributed by atoms with E-state index in [1.54, 1.807) is 49.6 Å². The number of aliphatic hydroxyl groups excluding tert-OH is 1. The molecule has 0 saturated carbocycles. The molecule has 0 aliphatic carbocycles. The first-order valence-corrected chi connectivity index (χ1v) is 11.7. The van der Waals surface area contributed by atoms with Crippen LogP contribution < -0.4 is 9.47 Å². The minimum atomic E-state index is -0.785. The molecule has 7 nitrogen and oxygen atoms in total. The molecule has 1 amide bonds. The van der Waals surface area contributed by atoms with Gasteiger partial charge in [-0.3, -0.25) is 9.59 Å². The maximum atomic E-state index is 13.1. The predicted molar refractivity (Wildman–Crippen MR) is 130 cm³/mol. The third kappa shape index (κ3) is 5.54. The molecule has 1 atom stereocenters. The number of likely N-dealkylation sites (tertiary alicyclic amines) is 1. The number of carbonyl (C=O) groups is 2. The molecule has 0 aromatic heterocycles. The van der Waals surface area contributed by atoms with Gasteiger partial charge in [0.1, 0.15) is 5.76 Å². The van der Waals surface area contributed by atoms with Crippen molar-refractivity contribution in [2.24, 2.45) is 0 Å². The largest absolute Gasteiger partial charge is 0.507 e. The fourth-order valence-corrected chi connectivity index (χ4v) is 4.02. The van der Waals surface area contributed by atoms with Crippen molar-refractivity contribution >= 4 is 29.1 Å². The first-order valence-electron chi connectivity index (χ1n) is 11.4. The van der Waals surface area contributed by atoms with Crippen LogP contribution in [0, 0.1) is 0 Å². The summed E-state index contributed by atoms with van der Waals surface area (Å²) in [4.78, 5) is 27.6. The fraction of sp³-hybridized carbons (Fsp3) is 0.385. The first kappa shape index (κ1) is 25.6. The van der Waals surface area contributed by atoms with Crippen molar-refractivity contribution in [1.82, 2.24) is 4.90 Å². The van der Waals surface area contributed by atoms with Crippen molar-refractivity contribution in [3.63, 3.8) is 0 Å². The number of hydrogen-bond acceptors (Lipinski definition) is 6. The number of amides is 1. The normalized spacial score (nSPS) is 17.3. The molecule has 1 heterocycles. The van der Waals surface area contributed by atoms with Crippen molar-refractivity contribution in [3.05, 3.63) is 64.2 Å². The predicted octanol–water partition coefficient (Wildman–Crippen LogP) is 4.99. The van der Waals surface area contributed by atoms with Gasteiger partial charge in [0.15, 0.2) is 11.5 Å². The van der Waals surface area contributed by atoms with Gasteiger partial charge in [-0.1, -0.05) is 24.6 Å². The highest BCUT2D eigenvalue weighted by Crippen LogP contribution is 2.42. The summed E-state index contributed by atoms with van der Waals surface area (Å²) in [6.45, 7) is 5.56. The summed E-state index contributed by atoms with van der Waals surface area (Å²) in [6.07, 6.45) is 1.38. The Morgan fingerprint density at radius 3 is 2.41 bits per heavy atom. The van der Waals surface area contributed by atoms with Crippen LogP contribution in [0.2, 0.25) is 5.02 Å². The fourth-order valence-electron chi connectivity index (χ4n) is 3.89. The van der Waals surface area contributed by atoms with E-state index in [0.717, 1.165) is 6.42 Å². The third-order valence-electron chi connectivity index (χ3n) is 5.45. The molecule has 0 spiro atoms. The highest BCUT2D eigenvalue weighted by molar-refractivity contribution is 6.46. The third-order valence-corrected chi connectivity index (χ3v) is 5.70. The van der Waals surface area contributed by atoms with Gasteiger partial charge in [-0.15, -0.1) is 0 Å². The number of ether oxygens (including phenoxy) is 3. The van der Waals surface area contributed by atoms with Crippen molar-refractivity contribution in [2.75, 3.05) is 33.5 Å². The lowest BCUT2D eigenvalue weighted by Gasteiger charge is -2.26. The monoisotopic (exact) mass is 487 g/mol. The maximum absolute atomic E-state index is 13.1. The number of halogens is 1. The molecule has 0 bridgehead atoms. The Morgan fingerprint density at radius 1 is 1.03 bits per heavy atom. The van der Waals surface area contributed by atoms with E-state index in [4.69, 9.17) is 25.8 Å². The molecule has 1 aliphatic heterocycles. The van der Waals surface area contributed by atoms with Crippen molar-refractivity contribution < 1.29 is 28.9 Å². The van der Waals surface area contributed by atoms with Gasteiger partial charge in [-0.2, -0.15) is 0 Å². The van der Waals surface area contributed by atoms with Crippen molar-refractivity contribution in [1.29, 1.82) is 0 Å². The van der Waals surface area contributed by atoms with Gasteiger partial charge in [0.05, 0.1) is 24.8 Å². The number of nitrogens with zero attached hydrogens (tertiary/aromatic N) is 1. The van der Waals surface area contributed by atoms with Crippen LogP contribution in [-0.4, -0.2) is 55.2 Å². The summed E-state index contributed by atoms with van der Waals surface area (Å²) in [5.41, 5.74) is 1.06. The topological polar surface area (TPSA) is 85.3 Å². The van der Waals surface area contributed by atoms with E-state index in [1.807, 2.05) is 13.8 Å². The Bertz CT molecular complexity index is 1050. The molecular formula is C26H30ClNO6. The van der Waals surface area contributed by atoms with Gasteiger partial charge < -0.3 is 24.2 Å². The van der Waals surface area contributed by atoms with Crippen LogP contribution in [0.4, 0.5) is 0 Å². The van der Waals surface area contributed by atoms with Gasteiger partial charge in [-0.05, 0) is 61.7 Å². The maximum Gasteiger partial charge on any atom is 0.295 e. The quantitative estimate of drug-likeness (QED) is 0.208. The van der Waals surface area contributed by atoms with Crippen LogP contribution >= 0.6 is 11.6 Å². The van der Waals surface area contributed by atoms with Gasteiger partial charge >= 0.3 is 0 Å². The summed E-state index contributed by atoms with van der Waals surface area (Å²) < 4.78 is 16.7. The second kappa shape index (κ2) is 11.9. The standard InChI is InChI=1S/C26H30ClNO6/c1-4-14-34-20-12-9-18(16-21(20)33-5-2)23-22(24(29)17-7-10-19(27)11-8-17)25(30)26(31)28(23)13-6-15-32-3/h7-12,16,23,29H,4-6,13-15H2,1-3H3/b24-22+. The van der Waals surface area contributed by atoms with E-state index < -0.39 is 17.7 Å². The van der Waals surface area contributed by atoms with E-state index in [0.29, 0.717) is 60.4 Å². The summed E-state index contributed by atoms with van der Waals surface area (Å²) in [5, 5.41) is 11.6. The van der Waals surface area contributed by atoms with Crippen LogP contribution in [0.3, 0.4) is 0 Å². The zero-order valence-corrected chi connectivity index (χ0v) is 20.4. The summed E-state index contributed by atoms with van der Waals surface area (Å²) in [7, 11) is 1.58. The molecule has 3 rings (SSSR count). The average Bonchev–Trinajstić information content (AvgIpc) is 3.08. The Balaban J connectivity index is 2.13. The minimum Gasteiger partial charge on any atom is -0.507 e. The molecule has 1 aliphatic rings. The minimum absolute atomic E-state index is 0.0226. The summed E-state index contributed by atoms with van der Waals surface area (Å²) in [6, 6.07) is 11.0. The number of aliphatic hydroxyl groups is 1. The molecule has 1 unspecified atom stereocenters. The number of rotatable bonds is 11. The Hall–Kier alpha value is -3.03. The Labute approximate surface area is 204 Å². The molecule has 34 heavy (non-hydrogen) atoms. The van der Waals surface area contributed by atoms with Crippen LogP contribution in [0.15, 0.2) is 48.0 Å². The average molecular weight is 488 g/mol. The smallest absolute Gasteiger partial charge is 0.295 e. The number of ketones is 1. The van der Waals surface area contributed by atoms with Gasteiger partial charge in [0.25, 0.3) is 11.7 Å². The highest BCUT2D eigenvalue weighted by atomic mass is 35.5. The van der Waals surface area contributed by atoms with E-state index in [9.17, 15) is 14.7 Å². The van der Waals surface area contributed by atoms with E-state index >= 15 is 0 Å². The Morgan fingerprint density at radius 2 is 1.76 bits per heavy atom. The van der Waals surface area contributed by atoms with E-state index in [1.165, 1.54) is 4.90 Å². The zero-order valence-electron chi connectivity index (χ0n) is 19.7. The van der Waals surface area contributed by atoms with Crippen molar-refractivity contribution in [2.45, 2.75) is 32.7 Å². The van der Waals surface area contributed by atoms with E-state index in [-0.39, 0.29) is 11.3 Å². The lowest BCUT2D eigenvalue weighted by atomic mass is 9.95. The lowest BCUT2D eigenvalue weighted by molar-refractivity contribution is -0.140. The van der Waals surface area contributed by atoms with Gasteiger partial charge in [0.2, 0.25) is 0 Å². The number of hydrogen-bond donors (Lipinski definition) is 1. The molecule has 182 valence electrons. The lowest BCUT2D eigenvalue weighted by Crippen LogP contribution is -2.31. The van der Waals surface area contributed by atoms with E-state index in [2.05, 4.69) is 0 Å². The molecule has 0 radical (unpaired) electrons. The Kier molecular flexibility index (Phi) is 8.96. The molecule has 1 saturated heterocycles. The molecule has 1 N–H and O–H groups in total. The second-order valence-electron chi connectivity index (χ2n) is 7.83. The van der Waals surface area contributed by atoms with Gasteiger partial charge in [-0.25, -0.2) is 0 Å². The second-order valence-corrected chi connectivity index (χ2v) is 8.27. The molecule has 8 heteroatoms. The molecule has 2 aromatic rings. The van der Waals surface area contributed by atoms with Crippen LogP contribution in [-0.2, 0) is 14.3 Å². The molecular weight excluding hydrogens is 458 g/mol. The first-order chi connectivity index (χ1) is 16.4. The summed E-state index contributed by atoms with van der Waals surface area (Å²) in [5.74, 6) is -0.553. The number of carbonyl (C=O) groups excluding carboxylic acids is 2.